The molecule has 0 saturated carbocycles. The molecule has 6 nitrogen and oxygen atoms in total. The van der Waals surface area contributed by atoms with E-state index >= 15 is 0 Å². The molecule has 0 bridgehead atoms. The molecule has 0 fully saturated rings. The highest BCUT2D eigenvalue weighted by Gasteiger charge is 2.37. The number of guanidine groups is 1. The van der Waals surface area contributed by atoms with Gasteiger partial charge in [0.2, 0.25) is 6.23 Å². The molecule has 0 radical (unpaired) electrons. The lowest BCUT2D eigenvalue weighted by Gasteiger charge is -2.26. The molecular weight excluding hydrogens is 150 g/mol. The maximum Gasteiger partial charge on any atom is 0.383 e. The Morgan fingerprint density at radius 2 is 2.09 bits per heavy atom. The van der Waals surface area contributed by atoms with Crippen LogP contribution in [-0.2, 0) is 0 Å². The van der Waals surface area contributed by atoms with Gasteiger partial charge in [0.25, 0.3) is 0 Å². The van der Waals surface area contributed by atoms with Crippen LogP contribution in [0.2, 0.25) is 0 Å². The van der Waals surface area contributed by atoms with Crippen molar-refractivity contribution in [2.24, 2.45) is 5.73 Å². The maximum atomic E-state index is 9.15. The molecule has 1 rings (SSSR count). The Hall–Kier alpha value is -1.01. The van der Waals surface area contributed by atoms with Gasteiger partial charge >= 0.3 is 5.96 Å². The molecule has 0 aromatic carbocycles. The zero-order chi connectivity index (χ0) is 8.59. The van der Waals surface area contributed by atoms with Crippen molar-refractivity contribution in [1.29, 1.82) is 0 Å². The highest BCUT2D eigenvalue weighted by molar-refractivity contribution is 5.73. The molecule has 1 heterocycles. The normalized spacial score (nSPS) is 38.6. The Morgan fingerprint density at radius 1 is 1.55 bits per heavy atom. The van der Waals surface area contributed by atoms with E-state index in [9.17, 15) is 0 Å². The standard InChI is InChI=1S/C5H11N3O3/c1-2-3(9)4(10)8(11)5(6)7-2/h2-4,9-11H,1H3,(H2,6,7)/p+1/t2-,3+,4-/m1/s1. The van der Waals surface area contributed by atoms with Crippen LogP contribution in [0.1, 0.15) is 6.92 Å². The van der Waals surface area contributed by atoms with Crippen LogP contribution < -0.4 is 11.1 Å². The summed E-state index contributed by atoms with van der Waals surface area (Å²) in [6, 6.07) is -0.367. The van der Waals surface area contributed by atoms with Gasteiger partial charge in [0.05, 0.1) is 0 Å². The number of hydroxylamine groups is 1. The van der Waals surface area contributed by atoms with Gasteiger partial charge in [-0.2, -0.15) is 0 Å². The minimum atomic E-state index is -1.36. The Bertz CT molecular complexity index is 193. The molecule has 0 saturated heterocycles. The third-order valence-corrected chi connectivity index (χ3v) is 1.69. The second kappa shape index (κ2) is 2.55. The number of rotatable bonds is 0. The van der Waals surface area contributed by atoms with Crippen molar-refractivity contribution in [3.8, 4) is 0 Å². The lowest BCUT2D eigenvalue weighted by atomic mass is 10.1. The molecular formula is C5H12N3O3+. The molecule has 0 amide bonds. The summed E-state index contributed by atoms with van der Waals surface area (Å²) in [5.74, 6) is -0.0599. The number of nitrogens with one attached hydrogen (secondary N) is 1. The molecule has 0 aromatic rings. The largest absolute Gasteiger partial charge is 0.383 e. The van der Waals surface area contributed by atoms with E-state index in [0.717, 1.165) is 0 Å². The summed E-state index contributed by atoms with van der Waals surface area (Å²) in [7, 11) is 0. The quantitative estimate of drug-likeness (QED) is 0.198. The second-order valence-corrected chi connectivity index (χ2v) is 2.57. The number of aliphatic hydroxyl groups excluding tert-OH is 2. The van der Waals surface area contributed by atoms with Gasteiger partial charge in [-0.05, 0) is 6.92 Å². The van der Waals surface area contributed by atoms with Crippen molar-refractivity contribution in [2.45, 2.75) is 25.3 Å². The topological polar surface area (TPSA) is 102 Å². The van der Waals surface area contributed by atoms with Gasteiger partial charge in [-0.25, -0.2) is 0 Å². The van der Waals surface area contributed by atoms with Gasteiger partial charge in [-0.1, -0.05) is 4.74 Å². The van der Waals surface area contributed by atoms with Crippen LogP contribution in [0, 0.1) is 0 Å². The molecule has 0 aromatic heterocycles. The van der Waals surface area contributed by atoms with Crippen LogP contribution in [0.3, 0.4) is 0 Å². The molecule has 6 N–H and O–H groups in total. The monoisotopic (exact) mass is 162 g/mol. The zero-order valence-electron chi connectivity index (χ0n) is 6.10. The van der Waals surface area contributed by atoms with E-state index < -0.39 is 12.3 Å². The fourth-order valence-electron chi connectivity index (χ4n) is 0.930. The lowest BCUT2D eigenvalue weighted by Crippen LogP contribution is -2.61. The van der Waals surface area contributed by atoms with Gasteiger partial charge in [0.1, 0.15) is 12.1 Å². The first-order chi connectivity index (χ1) is 5.04. The first kappa shape index (κ1) is 8.09. The van der Waals surface area contributed by atoms with Crippen molar-refractivity contribution in [1.82, 2.24) is 5.32 Å². The minimum Gasteiger partial charge on any atom is -0.383 e. The third kappa shape index (κ3) is 1.22. The summed E-state index contributed by atoms with van der Waals surface area (Å²) in [5.41, 5.74) is 5.23. The first-order valence-electron chi connectivity index (χ1n) is 3.27. The molecule has 1 aliphatic heterocycles. The summed E-state index contributed by atoms with van der Waals surface area (Å²) in [6.45, 7) is 1.65. The Kier molecular flexibility index (Phi) is 1.88. The van der Waals surface area contributed by atoms with Gasteiger partial charge in [0, 0.05) is 0 Å². The molecule has 0 unspecified atom stereocenters. The van der Waals surface area contributed by atoms with Crippen LogP contribution in [0.4, 0.5) is 0 Å². The first-order valence-corrected chi connectivity index (χ1v) is 3.27. The van der Waals surface area contributed by atoms with Crippen LogP contribution >= 0.6 is 0 Å². The van der Waals surface area contributed by atoms with Crippen LogP contribution in [0.15, 0.2) is 0 Å². The Morgan fingerprint density at radius 3 is 2.64 bits per heavy atom. The van der Waals surface area contributed by atoms with Crippen molar-refractivity contribution >= 4 is 5.96 Å². The fraction of sp³-hybridized carbons (Fsp3) is 0.800. The number of hydrogen-bond acceptors (Lipinski definition) is 5. The predicted molar refractivity (Wildman–Crippen MR) is 35.9 cm³/mol. The van der Waals surface area contributed by atoms with E-state index in [1.54, 1.807) is 6.92 Å². The van der Waals surface area contributed by atoms with Gasteiger partial charge < -0.3 is 15.4 Å². The summed E-state index contributed by atoms with van der Waals surface area (Å²) >= 11 is 0. The summed E-state index contributed by atoms with van der Waals surface area (Å²) in [5, 5.41) is 29.7. The number of aliphatic hydroxyl groups is 2. The number of nitrogens with two attached hydrogens (primary N) is 1. The Balaban J connectivity index is 2.86. The molecule has 1 aliphatic rings. The summed E-state index contributed by atoms with van der Waals surface area (Å²) in [6.07, 6.45) is -2.40. The molecule has 6 heteroatoms. The van der Waals surface area contributed by atoms with Gasteiger partial charge in [-0.15, -0.1) is 0 Å². The van der Waals surface area contributed by atoms with Crippen LogP contribution in [-0.4, -0.2) is 44.5 Å². The third-order valence-electron chi connectivity index (χ3n) is 1.69. The maximum absolute atomic E-state index is 9.15. The van der Waals surface area contributed by atoms with E-state index in [-0.39, 0.29) is 12.0 Å². The predicted octanol–water partition coefficient (Wildman–Crippen LogP) is -2.63. The van der Waals surface area contributed by atoms with E-state index in [1.807, 2.05) is 0 Å². The van der Waals surface area contributed by atoms with E-state index in [2.05, 4.69) is 5.32 Å². The summed E-state index contributed by atoms with van der Waals surface area (Å²) in [4.78, 5) is 0. The fourth-order valence-corrected chi connectivity index (χ4v) is 0.930. The average Bonchev–Trinajstić information content (AvgIpc) is 1.97. The number of hydrogen-bond donors (Lipinski definition) is 5. The van der Waals surface area contributed by atoms with Crippen LogP contribution in [0.5, 0.6) is 0 Å². The highest BCUT2D eigenvalue weighted by atomic mass is 16.5. The summed E-state index contributed by atoms with van der Waals surface area (Å²) < 4.78 is 0.394. The van der Waals surface area contributed by atoms with E-state index in [0.29, 0.717) is 4.74 Å². The molecule has 0 spiro atoms. The van der Waals surface area contributed by atoms with Crippen molar-refractivity contribution in [2.75, 3.05) is 0 Å². The van der Waals surface area contributed by atoms with Gasteiger partial charge in [-0.3, -0.25) is 11.1 Å². The highest BCUT2D eigenvalue weighted by Crippen LogP contribution is 2.03. The molecule has 0 aliphatic carbocycles. The Labute approximate surface area is 63.5 Å². The average molecular weight is 162 g/mol. The van der Waals surface area contributed by atoms with E-state index in [4.69, 9.17) is 21.2 Å². The number of nitrogens with zero attached hydrogens (tertiary/aromatic N) is 1. The van der Waals surface area contributed by atoms with E-state index in [1.165, 1.54) is 0 Å². The molecule has 3 atom stereocenters. The SMILES string of the molecule is C[C@H]1NC(N)=[N+](O)[C@H](O)[C@H]1O. The minimum absolute atomic E-state index is 0.0599. The van der Waals surface area contributed by atoms with Crippen molar-refractivity contribution in [3.05, 3.63) is 0 Å². The van der Waals surface area contributed by atoms with Crippen LogP contribution in [0.25, 0.3) is 0 Å². The second-order valence-electron chi connectivity index (χ2n) is 2.57. The smallest absolute Gasteiger partial charge is 0.383 e. The molecule has 11 heavy (non-hydrogen) atoms. The lowest BCUT2D eigenvalue weighted by molar-refractivity contribution is -0.832. The molecule has 64 valence electrons. The van der Waals surface area contributed by atoms with Crippen molar-refractivity contribution < 1.29 is 20.2 Å². The van der Waals surface area contributed by atoms with Gasteiger partial charge in [0.15, 0.2) is 0 Å². The van der Waals surface area contributed by atoms with Crippen molar-refractivity contribution in [3.63, 3.8) is 0 Å². The zero-order valence-corrected chi connectivity index (χ0v) is 6.10.